The molecule has 1 fully saturated rings. The van der Waals surface area contributed by atoms with E-state index in [9.17, 15) is 24.1 Å². The summed E-state index contributed by atoms with van der Waals surface area (Å²) in [5.41, 5.74) is -3.10. The van der Waals surface area contributed by atoms with Crippen molar-refractivity contribution in [3.8, 4) is 18.1 Å². The second-order valence-electron chi connectivity index (χ2n) is 10.6. The van der Waals surface area contributed by atoms with E-state index in [1.807, 2.05) is 20.8 Å². The second-order valence-corrected chi connectivity index (χ2v) is 12.3. The smallest absolute Gasteiger partial charge is 0.459 e. The highest BCUT2D eigenvalue weighted by atomic mass is 31.2. The van der Waals surface area contributed by atoms with Crippen molar-refractivity contribution in [2.24, 2.45) is 10.8 Å². The Morgan fingerprint density at radius 2 is 1.97 bits per heavy atom. The number of aromatic amines is 1. The number of benzene rings is 1. The maximum absolute atomic E-state index is 13.8. The number of carbonyl (C=O) groups excluding carboxylic acids is 1. The van der Waals surface area contributed by atoms with Crippen LogP contribution in [0.1, 0.15) is 40.8 Å². The minimum absolute atomic E-state index is 0.140. The number of carbonyl (C=O) groups is 1. The molecule has 0 aliphatic carbocycles. The summed E-state index contributed by atoms with van der Waals surface area (Å²) in [6.45, 7) is 8.30. The molecule has 1 aliphatic heterocycles. The highest BCUT2D eigenvalue weighted by molar-refractivity contribution is 7.52. The van der Waals surface area contributed by atoms with E-state index in [4.69, 9.17) is 24.9 Å². The van der Waals surface area contributed by atoms with Gasteiger partial charge in [0.1, 0.15) is 29.4 Å². The van der Waals surface area contributed by atoms with Crippen molar-refractivity contribution < 1.29 is 33.0 Å². The molecular weight excluding hydrogens is 529 g/mol. The fraction of sp³-hybridized carbons (Fsp3) is 0.500. The van der Waals surface area contributed by atoms with E-state index in [1.54, 1.807) is 30.3 Å². The largest absolute Gasteiger partial charge is 0.464 e. The summed E-state index contributed by atoms with van der Waals surface area (Å²) in [7, 11) is -4.26. The highest BCUT2D eigenvalue weighted by Gasteiger charge is 2.54. The first kappa shape index (κ1) is 30.3. The molecule has 212 valence electrons. The van der Waals surface area contributed by atoms with Gasteiger partial charge in [-0.2, -0.15) is 5.09 Å². The summed E-state index contributed by atoms with van der Waals surface area (Å²) in [5, 5.41) is 13.6. The zero-order chi connectivity index (χ0) is 29.0. The predicted molar refractivity (Wildman–Crippen MR) is 142 cm³/mol. The Morgan fingerprint density at radius 3 is 2.56 bits per heavy atom. The van der Waals surface area contributed by atoms with Crippen LogP contribution in [0.5, 0.6) is 5.75 Å². The molecule has 3 N–H and O–H groups in total. The lowest BCUT2D eigenvalue weighted by Crippen LogP contribution is -2.41. The maximum atomic E-state index is 13.8. The molecule has 6 atom stereocenters. The van der Waals surface area contributed by atoms with Gasteiger partial charge >= 0.3 is 19.4 Å². The summed E-state index contributed by atoms with van der Waals surface area (Å²) in [6.07, 6.45) is 3.20. The number of aromatic nitrogens is 2. The number of aliphatic hydroxyl groups excluding tert-OH is 1. The van der Waals surface area contributed by atoms with E-state index >= 15 is 0 Å². The Bertz CT molecular complexity index is 1360. The number of aliphatic hydroxyl groups is 1. The van der Waals surface area contributed by atoms with Crippen LogP contribution in [0.25, 0.3) is 0 Å². The number of para-hydroxylation sites is 1. The van der Waals surface area contributed by atoms with E-state index in [0.717, 1.165) is 10.6 Å². The van der Waals surface area contributed by atoms with Crippen LogP contribution in [0.2, 0.25) is 0 Å². The normalized spacial score (nSPS) is 25.3. The third-order valence-corrected chi connectivity index (χ3v) is 7.57. The van der Waals surface area contributed by atoms with Crippen molar-refractivity contribution >= 4 is 13.7 Å². The van der Waals surface area contributed by atoms with Crippen molar-refractivity contribution in [1.82, 2.24) is 14.6 Å². The quantitative estimate of drug-likeness (QED) is 0.222. The zero-order valence-corrected chi connectivity index (χ0v) is 23.3. The molecule has 1 saturated heterocycles. The molecule has 39 heavy (non-hydrogen) atoms. The third-order valence-electron chi connectivity index (χ3n) is 5.93. The molecule has 1 aliphatic rings. The number of hydrogen-bond acceptors (Lipinski definition) is 9. The molecule has 2 aromatic rings. The summed E-state index contributed by atoms with van der Waals surface area (Å²) < 4.78 is 37.3. The van der Waals surface area contributed by atoms with Gasteiger partial charge in [-0.3, -0.25) is 23.7 Å². The molecule has 0 saturated carbocycles. The number of H-pyrrole nitrogens is 1. The van der Waals surface area contributed by atoms with E-state index in [1.165, 1.54) is 20.0 Å². The average Bonchev–Trinajstić information content (AvgIpc) is 3.11. The standard InChI is InChI=1S/C26H34N3O9P/c1-7-26(6)21(31)19(37-23(26)29-14-13-20(30)27-24(29)33)15-36-39(34,38-18-11-9-8-10-12-18)28-17(2)22(32)35-16-25(3,4)5/h1,8-14,17,19,21,23,31H,15-16H2,2-6H3,(H,28,34)(H,27,30,33). The van der Waals surface area contributed by atoms with Crippen molar-refractivity contribution in [3.05, 3.63) is 63.4 Å². The molecule has 12 nitrogen and oxygen atoms in total. The molecule has 1 aromatic carbocycles. The molecule has 0 bridgehead atoms. The first-order valence-corrected chi connectivity index (χ1v) is 13.8. The van der Waals surface area contributed by atoms with Gasteiger partial charge in [0.15, 0.2) is 6.23 Å². The van der Waals surface area contributed by atoms with Gasteiger partial charge in [-0.05, 0) is 31.4 Å². The fourth-order valence-electron chi connectivity index (χ4n) is 3.75. The molecule has 0 spiro atoms. The summed E-state index contributed by atoms with van der Waals surface area (Å²) in [5.74, 6) is 1.99. The Labute approximate surface area is 226 Å². The Morgan fingerprint density at radius 1 is 1.31 bits per heavy atom. The van der Waals surface area contributed by atoms with Gasteiger partial charge in [-0.1, -0.05) is 44.9 Å². The summed E-state index contributed by atoms with van der Waals surface area (Å²) in [6, 6.07) is 8.19. The second kappa shape index (κ2) is 11.9. The van der Waals surface area contributed by atoms with Crippen LogP contribution >= 0.6 is 7.75 Å². The van der Waals surface area contributed by atoms with Crippen molar-refractivity contribution in [3.63, 3.8) is 0 Å². The van der Waals surface area contributed by atoms with Crippen molar-refractivity contribution in [2.45, 2.75) is 59.1 Å². The summed E-state index contributed by atoms with van der Waals surface area (Å²) >= 11 is 0. The number of esters is 1. The monoisotopic (exact) mass is 563 g/mol. The van der Waals surface area contributed by atoms with E-state index < -0.39 is 61.5 Å². The molecule has 3 rings (SSSR count). The Kier molecular flexibility index (Phi) is 9.26. The van der Waals surface area contributed by atoms with Gasteiger partial charge in [0.25, 0.3) is 5.56 Å². The van der Waals surface area contributed by atoms with Crippen LogP contribution in [-0.2, 0) is 23.4 Å². The number of rotatable bonds is 10. The lowest BCUT2D eigenvalue weighted by molar-refractivity contribution is -0.148. The molecule has 6 unspecified atom stereocenters. The minimum Gasteiger partial charge on any atom is -0.464 e. The van der Waals surface area contributed by atoms with Gasteiger partial charge in [0, 0.05) is 12.3 Å². The predicted octanol–water partition coefficient (Wildman–Crippen LogP) is 2.21. The van der Waals surface area contributed by atoms with Gasteiger partial charge in [-0.25, -0.2) is 9.36 Å². The molecular formula is C26H34N3O9P. The van der Waals surface area contributed by atoms with Crippen LogP contribution in [0.15, 0.2) is 52.2 Å². The maximum Gasteiger partial charge on any atom is 0.459 e. The highest BCUT2D eigenvalue weighted by Crippen LogP contribution is 2.48. The number of hydrogen-bond donors (Lipinski definition) is 3. The van der Waals surface area contributed by atoms with Crippen LogP contribution in [-0.4, -0.2) is 52.1 Å². The van der Waals surface area contributed by atoms with Gasteiger partial charge in [0.05, 0.1) is 13.2 Å². The SMILES string of the molecule is C#CC1(C)C(O)C(COP(=O)(NC(C)C(=O)OCC(C)(C)C)Oc2ccccc2)OC1n1ccc(=O)[nH]c1=O. The molecule has 0 amide bonds. The molecule has 13 heteroatoms. The first-order chi connectivity index (χ1) is 18.2. The molecule has 1 aromatic heterocycles. The van der Waals surface area contributed by atoms with Gasteiger partial charge in [-0.15, -0.1) is 6.42 Å². The van der Waals surface area contributed by atoms with Gasteiger partial charge < -0.3 is 19.1 Å². The van der Waals surface area contributed by atoms with Crippen LogP contribution in [0, 0.1) is 23.2 Å². The summed E-state index contributed by atoms with van der Waals surface area (Å²) in [4.78, 5) is 38.6. The number of nitrogens with one attached hydrogen (secondary N) is 2. The van der Waals surface area contributed by atoms with Crippen LogP contribution < -0.4 is 20.9 Å². The minimum atomic E-state index is -4.26. The van der Waals surface area contributed by atoms with Gasteiger partial charge in [0.2, 0.25) is 0 Å². The van der Waals surface area contributed by atoms with E-state index in [0.29, 0.717) is 0 Å². The first-order valence-electron chi connectivity index (χ1n) is 12.2. The topological polar surface area (TPSA) is 158 Å². The Hall–Kier alpha value is -3.20. The third kappa shape index (κ3) is 7.47. The average molecular weight is 564 g/mol. The van der Waals surface area contributed by atoms with E-state index in [-0.39, 0.29) is 17.8 Å². The number of terminal acetylenes is 1. The van der Waals surface area contributed by atoms with Crippen LogP contribution in [0.4, 0.5) is 0 Å². The van der Waals surface area contributed by atoms with E-state index in [2.05, 4.69) is 16.0 Å². The molecule has 0 radical (unpaired) electrons. The lowest BCUT2D eigenvalue weighted by Gasteiger charge is -2.28. The zero-order valence-electron chi connectivity index (χ0n) is 22.5. The van der Waals surface area contributed by atoms with Crippen molar-refractivity contribution in [1.29, 1.82) is 0 Å². The fourth-order valence-corrected chi connectivity index (χ4v) is 5.25. The Balaban J connectivity index is 1.81. The van der Waals surface area contributed by atoms with Crippen molar-refractivity contribution in [2.75, 3.05) is 13.2 Å². The number of ether oxygens (including phenoxy) is 2. The lowest BCUT2D eigenvalue weighted by atomic mass is 9.83. The molecule has 2 heterocycles. The number of nitrogens with zero attached hydrogens (tertiary/aromatic N) is 1. The van der Waals surface area contributed by atoms with Crippen LogP contribution in [0.3, 0.4) is 0 Å².